The van der Waals surface area contributed by atoms with Crippen LogP contribution in [0, 0.1) is 13.8 Å². The molecule has 1 saturated carbocycles. The fraction of sp³-hybridized carbons (Fsp3) is 0.692. The predicted octanol–water partition coefficient (Wildman–Crippen LogP) is 1.12. The molecule has 1 heterocycles. The van der Waals surface area contributed by atoms with Crippen LogP contribution < -0.4 is 16.2 Å². The van der Waals surface area contributed by atoms with Gasteiger partial charge in [-0.3, -0.25) is 0 Å². The molecule has 0 bridgehead atoms. The van der Waals surface area contributed by atoms with Crippen LogP contribution in [0.3, 0.4) is 0 Å². The molecule has 1 fully saturated rings. The second-order valence-electron chi connectivity index (χ2n) is 5.50. The molecule has 1 aliphatic carbocycles. The van der Waals surface area contributed by atoms with Crippen LogP contribution in [-0.2, 0) is 0 Å². The van der Waals surface area contributed by atoms with E-state index < -0.39 is 5.60 Å². The van der Waals surface area contributed by atoms with Crippen molar-refractivity contribution >= 4 is 11.6 Å². The van der Waals surface area contributed by atoms with Gasteiger partial charge in [0.25, 0.3) is 0 Å². The van der Waals surface area contributed by atoms with E-state index in [0.29, 0.717) is 18.2 Å². The van der Waals surface area contributed by atoms with Crippen LogP contribution in [-0.4, -0.2) is 34.3 Å². The van der Waals surface area contributed by atoms with E-state index in [1.54, 1.807) is 0 Å². The molecule has 0 amide bonds. The average Bonchev–Trinajstić information content (AvgIpc) is 2.78. The maximum Gasteiger partial charge on any atom is 0.148 e. The third kappa shape index (κ3) is 2.96. The molecule has 6 nitrogen and oxygen atoms in total. The normalized spacial score (nSPS) is 17.5. The van der Waals surface area contributed by atoms with Gasteiger partial charge in [-0.1, -0.05) is 12.8 Å². The first-order valence-electron chi connectivity index (χ1n) is 6.70. The van der Waals surface area contributed by atoms with E-state index in [1.165, 1.54) is 0 Å². The number of hydrazine groups is 1. The number of hydrogen-bond acceptors (Lipinski definition) is 6. The Kier molecular flexibility index (Phi) is 3.91. The Balaban J connectivity index is 2.23. The first-order chi connectivity index (χ1) is 8.95. The van der Waals surface area contributed by atoms with Gasteiger partial charge in [-0.2, -0.15) is 0 Å². The van der Waals surface area contributed by atoms with Crippen molar-refractivity contribution in [1.29, 1.82) is 0 Å². The highest BCUT2D eigenvalue weighted by Gasteiger charge is 2.33. The van der Waals surface area contributed by atoms with Gasteiger partial charge in [-0.25, -0.2) is 15.8 Å². The zero-order chi connectivity index (χ0) is 14.0. The number of aromatic nitrogens is 2. The molecule has 106 valence electrons. The van der Waals surface area contributed by atoms with Crippen molar-refractivity contribution in [1.82, 2.24) is 9.97 Å². The van der Waals surface area contributed by atoms with Crippen molar-refractivity contribution in [3.05, 3.63) is 11.4 Å². The van der Waals surface area contributed by atoms with Crippen molar-refractivity contribution < 1.29 is 5.11 Å². The monoisotopic (exact) mass is 265 g/mol. The van der Waals surface area contributed by atoms with Gasteiger partial charge < -0.3 is 15.4 Å². The highest BCUT2D eigenvalue weighted by molar-refractivity contribution is 5.58. The van der Waals surface area contributed by atoms with Crippen LogP contribution in [0.5, 0.6) is 0 Å². The van der Waals surface area contributed by atoms with E-state index in [9.17, 15) is 5.11 Å². The second-order valence-corrected chi connectivity index (χ2v) is 5.50. The molecule has 0 radical (unpaired) electrons. The van der Waals surface area contributed by atoms with Crippen LogP contribution >= 0.6 is 0 Å². The molecule has 6 heteroatoms. The lowest BCUT2D eigenvalue weighted by atomic mass is 10.0. The summed E-state index contributed by atoms with van der Waals surface area (Å²) in [6.07, 6.45) is 3.92. The number of nitrogens with two attached hydrogens (primary N) is 1. The zero-order valence-electron chi connectivity index (χ0n) is 11.9. The fourth-order valence-corrected chi connectivity index (χ4v) is 2.83. The third-order valence-electron chi connectivity index (χ3n) is 3.80. The Hall–Kier alpha value is -1.40. The lowest BCUT2D eigenvalue weighted by Crippen LogP contribution is -2.40. The van der Waals surface area contributed by atoms with E-state index in [1.807, 2.05) is 25.8 Å². The summed E-state index contributed by atoms with van der Waals surface area (Å²) in [5, 5.41) is 10.5. The molecule has 2 rings (SSSR count). The number of aryl methyl sites for hydroxylation is 1. The number of rotatable bonds is 4. The van der Waals surface area contributed by atoms with Gasteiger partial charge in [0.2, 0.25) is 0 Å². The van der Waals surface area contributed by atoms with E-state index >= 15 is 0 Å². The molecule has 0 saturated heterocycles. The van der Waals surface area contributed by atoms with Crippen LogP contribution in [0.1, 0.15) is 37.1 Å². The van der Waals surface area contributed by atoms with Crippen molar-refractivity contribution in [2.75, 3.05) is 23.9 Å². The summed E-state index contributed by atoms with van der Waals surface area (Å²) in [5.41, 5.74) is 2.91. The van der Waals surface area contributed by atoms with Crippen molar-refractivity contribution in [2.45, 2.75) is 45.1 Å². The number of nitrogens with one attached hydrogen (secondary N) is 1. The number of anilines is 2. The number of likely N-dealkylation sites (N-methyl/N-ethyl adjacent to an activating group) is 1. The highest BCUT2D eigenvalue weighted by Crippen LogP contribution is 2.32. The number of hydrogen-bond donors (Lipinski definition) is 3. The predicted molar refractivity (Wildman–Crippen MR) is 76.0 cm³/mol. The van der Waals surface area contributed by atoms with Crippen molar-refractivity contribution in [3.63, 3.8) is 0 Å². The standard InChI is InChI=1S/C13H23N5O/c1-9-11(17-14)15-10(2)16-12(9)18(3)8-13(19)6-4-5-7-13/h19H,4-8,14H2,1-3H3,(H,15,16,17). The molecule has 0 atom stereocenters. The summed E-state index contributed by atoms with van der Waals surface area (Å²) in [5.74, 6) is 7.59. The summed E-state index contributed by atoms with van der Waals surface area (Å²) in [6.45, 7) is 4.36. The molecule has 19 heavy (non-hydrogen) atoms. The second kappa shape index (κ2) is 5.30. The van der Waals surface area contributed by atoms with Gasteiger partial charge in [0, 0.05) is 19.2 Å². The van der Waals surface area contributed by atoms with Gasteiger partial charge in [0.15, 0.2) is 0 Å². The zero-order valence-corrected chi connectivity index (χ0v) is 11.9. The minimum absolute atomic E-state index is 0.587. The summed E-state index contributed by atoms with van der Waals surface area (Å²) in [7, 11) is 1.95. The minimum atomic E-state index is -0.587. The van der Waals surface area contributed by atoms with Gasteiger partial charge in [0.05, 0.1) is 5.60 Å². The molecule has 0 aromatic carbocycles. The number of nitrogens with zero attached hydrogens (tertiary/aromatic N) is 3. The topological polar surface area (TPSA) is 87.3 Å². The maximum atomic E-state index is 10.5. The summed E-state index contributed by atoms with van der Waals surface area (Å²) < 4.78 is 0. The van der Waals surface area contributed by atoms with E-state index in [2.05, 4.69) is 15.4 Å². The minimum Gasteiger partial charge on any atom is -0.388 e. The molecule has 0 unspecified atom stereocenters. The highest BCUT2D eigenvalue weighted by atomic mass is 16.3. The molecule has 4 N–H and O–H groups in total. The Morgan fingerprint density at radius 2 is 1.95 bits per heavy atom. The van der Waals surface area contributed by atoms with Crippen LogP contribution in [0.15, 0.2) is 0 Å². The Morgan fingerprint density at radius 3 is 2.53 bits per heavy atom. The molecule has 1 aromatic rings. The first kappa shape index (κ1) is 14.0. The lowest BCUT2D eigenvalue weighted by molar-refractivity contribution is 0.0557. The Bertz CT molecular complexity index is 457. The molecule has 1 aliphatic rings. The SMILES string of the molecule is Cc1nc(NN)c(C)c(N(C)CC2(O)CCCC2)n1. The largest absolute Gasteiger partial charge is 0.388 e. The number of nitrogen functional groups attached to an aromatic ring is 1. The van der Waals surface area contributed by atoms with Crippen LogP contribution in [0.25, 0.3) is 0 Å². The fourth-order valence-electron chi connectivity index (χ4n) is 2.83. The van der Waals surface area contributed by atoms with Crippen molar-refractivity contribution in [2.24, 2.45) is 5.84 Å². The van der Waals surface area contributed by atoms with E-state index in [-0.39, 0.29) is 0 Å². The van der Waals surface area contributed by atoms with E-state index in [4.69, 9.17) is 5.84 Å². The van der Waals surface area contributed by atoms with Gasteiger partial charge in [-0.05, 0) is 26.7 Å². The van der Waals surface area contributed by atoms with Crippen molar-refractivity contribution in [3.8, 4) is 0 Å². The number of aliphatic hydroxyl groups is 1. The molecule has 0 spiro atoms. The third-order valence-corrected chi connectivity index (χ3v) is 3.80. The summed E-state index contributed by atoms with van der Waals surface area (Å²) in [4.78, 5) is 10.7. The van der Waals surface area contributed by atoms with Gasteiger partial charge >= 0.3 is 0 Å². The first-order valence-corrected chi connectivity index (χ1v) is 6.70. The van der Waals surface area contributed by atoms with Crippen LogP contribution in [0.4, 0.5) is 11.6 Å². The lowest BCUT2D eigenvalue weighted by Gasteiger charge is -2.30. The molecule has 1 aromatic heterocycles. The Labute approximate surface area is 114 Å². The quantitative estimate of drug-likeness (QED) is 0.558. The Morgan fingerprint density at radius 1 is 1.32 bits per heavy atom. The summed E-state index contributed by atoms with van der Waals surface area (Å²) >= 11 is 0. The maximum absolute atomic E-state index is 10.5. The van der Waals surface area contributed by atoms with Gasteiger partial charge in [0.1, 0.15) is 17.5 Å². The van der Waals surface area contributed by atoms with E-state index in [0.717, 1.165) is 37.1 Å². The molecular weight excluding hydrogens is 242 g/mol. The average molecular weight is 265 g/mol. The molecular formula is C13H23N5O. The van der Waals surface area contributed by atoms with Gasteiger partial charge in [-0.15, -0.1) is 0 Å². The smallest absolute Gasteiger partial charge is 0.148 e. The molecule has 0 aliphatic heterocycles. The van der Waals surface area contributed by atoms with Crippen LogP contribution in [0.2, 0.25) is 0 Å². The summed E-state index contributed by atoms with van der Waals surface area (Å²) in [6, 6.07) is 0.